The Kier molecular flexibility index (Phi) is 5.39. The first-order chi connectivity index (χ1) is 13.2. The number of primary sulfonamides is 1. The first kappa shape index (κ1) is 19.5. The van der Waals surface area contributed by atoms with E-state index in [1.165, 1.54) is 37.3 Å². The molecule has 0 unspecified atom stereocenters. The second kappa shape index (κ2) is 7.75. The number of aromatic nitrogens is 1. The summed E-state index contributed by atoms with van der Waals surface area (Å²) in [7, 11) is -3.82. The van der Waals surface area contributed by atoms with Gasteiger partial charge in [0.1, 0.15) is 5.69 Å². The number of para-hydroxylation sites is 1. The molecule has 1 atom stereocenters. The Balaban J connectivity index is 1.65. The lowest BCUT2D eigenvalue weighted by Crippen LogP contribution is -2.30. The number of carbonyl (C=O) groups is 2. The molecule has 0 radical (unpaired) electrons. The lowest BCUT2D eigenvalue weighted by molar-refractivity contribution is -0.123. The Labute approximate surface area is 161 Å². The average molecular weight is 399 g/mol. The molecule has 1 amide bonds. The number of esters is 1. The maximum Gasteiger partial charge on any atom is 0.357 e. The molecule has 144 valence electrons. The van der Waals surface area contributed by atoms with Crippen LogP contribution in [0.2, 0.25) is 0 Å². The Morgan fingerprint density at radius 2 is 1.71 bits per heavy atom. The number of benzene rings is 2. The molecule has 2 aromatic carbocycles. The van der Waals surface area contributed by atoms with Crippen LogP contribution in [-0.2, 0) is 19.6 Å². The van der Waals surface area contributed by atoms with Crippen molar-refractivity contribution in [2.75, 3.05) is 5.32 Å². The van der Waals surface area contributed by atoms with Crippen LogP contribution in [0.25, 0.3) is 10.9 Å². The van der Waals surface area contributed by atoms with Gasteiger partial charge in [0.05, 0.1) is 10.4 Å². The Bertz CT molecular complexity index is 1140. The van der Waals surface area contributed by atoms with Crippen molar-refractivity contribution in [3.05, 3.63) is 66.4 Å². The molecule has 0 aliphatic heterocycles. The van der Waals surface area contributed by atoms with Gasteiger partial charge in [-0.3, -0.25) is 4.79 Å². The lowest BCUT2D eigenvalue weighted by atomic mass is 10.2. The summed E-state index contributed by atoms with van der Waals surface area (Å²) in [5.74, 6) is -1.30. The van der Waals surface area contributed by atoms with Crippen molar-refractivity contribution in [2.45, 2.75) is 17.9 Å². The van der Waals surface area contributed by atoms with E-state index in [1.807, 2.05) is 18.2 Å². The van der Waals surface area contributed by atoms with Gasteiger partial charge in [-0.05, 0) is 43.3 Å². The van der Waals surface area contributed by atoms with Gasteiger partial charge in [0.15, 0.2) is 6.10 Å². The number of nitrogens with two attached hydrogens (primary N) is 1. The standard InChI is InChI=1S/C19H17N3O5S/c1-12(18(23)21-14-7-9-15(10-8-14)28(20,25)26)27-19(24)17-11-6-13-4-2-3-5-16(13)22-17/h2-12H,1H3,(H,21,23)(H2,20,25,26)/t12-/m0/s1. The summed E-state index contributed by atoms with van der Waals surface area (Å²) in [6.07, 6.45) is -1.08. The molecule has 0 aliphatic rings. The van der Waals surface area contributed by atoms with E-state index in [4.69, 9.17) is 9.88 Å². The number of amides is 1. The number of hydrogen-bond acceptors (Lipinski definition) is 6. The van der Waals surface area contributed by atoms with Crippen LogP contribution in [0.15, 0.2) is 65.6 Å². The van der Waals surface area contributed by atoms with Gasteiger partial charge in [-0.15, -0.1) is 0 Å². The molecule has 0 aliphatic carbocycles. The molecule has 1 heterocycles. The van der Waals surface area contributed by atoms with Gasteiger partial charge in [0.2, 0.25) is 10.0 Å². The molecule has 9 heteroatoms. The highest BCUT2D eigenvalue weighted by Crippen LogP contribution is 2.15. The van der Waals surface area contributed by atoms with Gasteiger partial charge in [-0.1, -0.05) is 24.3 Å². The highest BCUT2D eigenvalue weighted by atomic mass is 32.2. The molecular formula is C19H17N3O5S. The molecule has 0 bridgehead atoms. The summed E-state index contributed by atoms with van der Waals surface area (Å²) in [5, 5.41) is 8.44. The number of hydrogen-bond donors (Lipinski definition) is 2. The van der Waals surface area contributed by atoms with Crippen LogP contribution in [0.1, 0.15) is 17.4 Å². The molecule has 28 heavy (non-hydrogen) atoms. The van der Waals surface area contributed by atoms with Gasteiger partial charge in [0, 0.05) is 11.1 Å². The number of fused-ring (bicyclic) bond motifs is 1. The molecular weight excluding hydrogens is 382 g/mol. The van der Waals surface area contributed by atoms with E-state index in [2.05, 4.69) is 10.3 Å². The highest BCUT2D eigenvalue weighted by Gasteiger charge is 2.20. The number of ether oxygens (including phenoxy) is 1. The van der Waals surface area contributed by atoms with Crippen molar-refractivity contribution >= 4 is 38.5 Å². The first-order valence-corrected chi connectivity index (χ1v) is 9.79. The zero-order valence-electron chi connectivity index (χ0n) is 14.8. The summed E-state index contributed by atoms with van der Waals surface area (Å²) in [6, 6.07) is 15.9. The minimum Gasteiger partial charge on any atom is -0.448 e. The number of nitrogens with one attached hydrogen (secondary N) is 1. The molecule has 0 saturated heterocycles. The van der Waals surface area contributed by atoms with E-state index < -0.39 is 28.0 Å². The van der Waals surface area contributed by atoms with Crippen molar-refractivity contribution in [2.24, 2.45) is 5.14 Å². The highest BCUT2D eigenvalue weighted by molar-refractivity contribution is 7.89. The smallest absolute Gasteiger partial charge is 0.357 e. The third-order valence-corrected chi connectivity index (χ3v) is 4.84. The van der Waals surface area contributed by atoms with Gasteiger partial charge in [-0.25, -0.2) is 23.3 Å². The fourth-order valence-electron chi connectivity index (χ4n) is 2.43. The number of rotatable bonds is 5. The van der Waals surface area contributed by atoms with Crippen molar-refractivity contribution in [3.8, 4) is 0 Å². The number of anilines is 1. The van der Waals surface area contributed by atoms with Crippen molar-refractivity contribution in [3.63, 3.8) is 0 Å². The monoisotopic (exact) mass is 399 g/mol. The van der Waals surface area contributed by atoms with Crippen LogP contribution >= 0.6 is 0 Å². The molecule has 3 N–H and O–H groups in total. The Morgan fingerprint density at radius 3 is 2.39 bits per heavy atom. The van der Waals surface area contributed by atoms with Crippen LogP contribution in [0.4, 0.5) is 5.69 Å². The van der Waals surface area contributed by atoms with Crippen molar-refractivity contribution in [1.82, 2.24) is 4.98 Å². The third kappa shape index (κ3) is 4.51. The second-order valence-electron chi connectivity index (χ2n) is 6.00. The summed E-state index contributed by atoms with van der Waals surface area (Å²) in [4.78, 5) is 28.6. The van der Waals surface area contributed by atoms with Crippen LogP contribution in [0.5, 0.6) is 0 Å². The number of nitrogens with zero attached hydrogens (tertiary/aromatic N) is 1. The SMILES string of the molecule is C[C@H](OC(=O)c1ccc2ccccc2n1)C(=O)Nc1ccc(S(N)(=O)=O)cc1. The molecule has 0 saturated carbocycles. The number of carbonyl (C=O) groups excluding carboxylic acids is 2. The van der Waals surface area contributed by atoms with Crippen LogP contribution < -0.4 is 10.5 Å². The van der Waals surface area contributed by atoms with Crippen molar-refractivity contribution in [1.29, 1.82) is 0 Å². The largest absolute Gasteiger partial charge is 0.448 e. The lowest BCUT2D eigenvalue weighted by Gasteiger charge is -2.13. The van der Waals surface area contributed by atoms with E-state index in [1.54, 1.807) is 12.1 Å². The van der Waals surface area contributed by atoms with E-state index in [0.29, 0.717) is 11.2 Å². The van der Waals surface area contributed by atoms with Gasteiger partial charge < -0.3 is 10.1 Å². The zero-order chi connectivity index (χ0) is 20.3. The third-order valence-electron chi connectivity index (χ3n) is 3.91. The molecule has 1 aromatic heterocycles. The quantitative estimate of drug-likeness (QED) is 0.632. The second-order valence-corrected chi connectivity index (χ2v) is 7.56. The van der Waals surface area contributed by atoms with Crippen molar-refractivity contribution < 1.29 is 22.7 Å². The summed E-state index contributed by atoms with van der Waals surface area (Å²) in [5.41, 5.74) is 1.07. The minimum atomic E-state index is -3.82. The number of sulfonamides is 1. The zero-order valence-corrected chi connectivity index (χ0v) is 15.6. The Morgan fingerprint density at radius 1 is 1.04 bits per heavy atom. The van der Waals surface area contributed by atoms with Gasteiger partial charge >= 0.3 is 5.97 Å². The summed E-state index contributed by atoms with van der Waals surface area (Å²) >= 11 is 0. The fourth-order valence-corrected chi connectivity index (χ4v) is 2.94. The molecule has 0 spiro atoms. The Hall–Kier alpha value is -3.30. The molecule has 8 nitrogen and oxygen atoms in total. The van der Waals surface area contributed by atoms with Crippen LogP contribution in [0.3, 0.4) is 0 Å². The van der Waals surface area contributed by atoms with E-state index in [-0.39, 0.29) is 10.6 Å². The molecule has 0 fully saturated rings. The van der Waals surface area contributed by atoms with Crippen LogP contribution in [0, 0.1) is 0 Å². The normalized spacial score (nSPS) is 12.4. The van der Waals surface area contributed by atoms with Gasteiger partial charge in [0.25, 0.3) is 5.91 Å². The van der Waals surface area contributed by atoms with E-state index >= 15 is 0 Å². The van der Waals surface area contributed by atoms with Crippen LogP contribution in [-0.4, -0.2) is 31.4 Å². The summed E-state index contributed by atoms with van der Waals surface area (Å²) < 4.78 is 27.6. The fraction of sp³-hybridized carbons (Fsp3) is 0.105. The predicted molar refractivity (Wildman–Crippen MR) is 103 cm³/mol. The molecule has 3 aromatic rings. The first-order valence-electron chi connectivity index (χ1n) is 8.24. The van der Waals surface area contributed by atoms with E-state index in [9.17, 15) is 18.0 Å². The number of pyridine rings is 1. The average Bonchev–Trinajstić information content (AvgIpc) is 2.67. The maximum absolute atomic E-state index is 12.3. The summed E-state index contributed by atoms with van der Waals surface area (Å²) in [6.45, 7) is 1.42. The molecule has 3 rings (SSSR count). The topological polar surface area (TPSA) is 128 Å². The maximum atomic E-state index is 12.3. The van der Waals surface area contributed by atoms with Gasteiger partial charge in [-0.2, -0.15) is 0 Å². The van der Waals surface area contributed by atoms with E-state index in [0.717, 1.165) is 5.39 Å². The predicted octanol–water partition coefficient (Wildman–Crippen LogP) is 2.07. The minimum absolute atomic E-state index is 0.0765.